The molecular weight excluding hydrogens is 440 g/mol. The number of hydrogen-bond donors (Lipinski definition) is 0. The smallest absolute Gasteiger partial charge is 0.323 e. The molecule has 0 aromatic carbocycles. The first-order valence-electron chi connectivity index (χ1n) is 12.2. The molecule has 2 saturated heterocycles. The Hall–Kier alpha value is -1.00. The molecule has 0 spiro atoms. The van der Waals surface area contributed by atoms with Crippen LogP contribution in [0.2, 0.25) is 18.1 Å². The van der Waals surface area contributed by atoms with Crippen molar-refractivity contribution in [3.05, 3.63) is 0 Å². The Balaban J connectivity index is 0.000000237. The minimum atomic E-state index is -1.75. The van der Waals surface area contributed by atoms with Crippen LogP contribution in [0.4, 0.5) is 0 Å². The average Bonchev–Trinajstić information content (AvgIpc) is 3.24. The molecule has 0 amide bonds. The number of carbonyl (C=O) groups excluding carboxylic acids is 2. The van der Waals surface area contributed by atoms with Crippen LogP contribution in [-0.2, 0) is 28.2 Å². The fourth-order valence-electron chi connectivity index (χ4n) is 4.28. The summed E-state index contributed by atoms with van der Waals surface area (Å²) in [7, 11) is 5.04. The Morgan fingerprint density at radius 2 is 1.27 bits per heavy atom. The SMILES string of the molecule is COC(=O)[C@@H]1C[C@H](OC2CCC2)CN1C.COC(=O)[C@@H]1C[C@H](O[Si](C)(C)C(C)(C)C)CN1C. The molecule has 4 atom stereocenters. The number of esters is 2. The van der Waals surface area contributed by atoms with Gasteiger partial charge in [0.1, 0.15) is 12.1 Å². The molecule has 2 heterocycles. The van der Waals surface area contributed by atoms with Crippen molar-refractivity contribution in [1.82, 2.24) is 9.80 Å². The van der Waals surface area contributed by atoms with Gasteiger partial charge in [-0.05, 0) is 57.9 Å². The number of ether oxygens (including phenoxy) is 3. The first-order valence-corrected chi connectivity index (χ1v) is 15.1. The van der Waals surface area contributed by atoms with Crippen molar-refractivity contribution in [3.63, 3.8) is 0 Å². The van der Waals surface area contributed by atoms with Gasteiger partial charge in [0.05, 0.1) is 32.5 Å². The fourth-order valence-corrected chi connectivity index (χ4v) is 5.64. The van der Waals surface area contributed by atoms with Crippen LogP contribution in [-0.4, -0.2) is 102 Å². The number of carbonyl (C=O) groups is 2. The molecule has 0 bridgehead atoms. The molecule has 0 aromatic rings. The fraction of sp³-hybridized carbons (Fsp3) is 0.917. The molecule has 1 aliphatic carbocycles. The van der Waals surface area contributed by atoms with Crippen molar-refractivity contribution in [2.75, 3.05) is 41.4 Å². The van der Waals surface area contributed by atoms with Crippen molar-refractivity contribution in [2.45, 2.75) is 101 Å². The molecule has 33 heavy (non-hydrogen) atoms. The monoisotopic (exact) mass is 486 g/mol. The van der Waals surface area contributed by atoms with Gasteiger partial charge in [-0.1, -0.05) is 20.8 Å². The Morgan fingerprint density at radius 1 is 0.818 bits per heavy atom. The van der Waals surface area contributed by atoms with Crippen LogP contribution in [0.1, 0.15) is 52.9 Å². The summed E-state index contributed by atoms with van der Waals surface area (Å²) in [6, 6.07) is -0.259. The highest BCUT2D eigenvalue weighted by molar-refractivity contribution is 6.74. The van der Waals surface area contributed by atoms with E-state index in [-0.39, 0.29) is 41.3 Å². The Labute approximate surface area is 201 Å². The second-order valence-electron chi connectivity index (χ2n) is 11.2. The van der Waals surface area contributed by atoms with Crippen LogP contribution in [0.15, 0.2) is 0 Å². The lowest BCUT2D eigenvalue weighted by molar-refractivity contribution is -0.146. The van der Waals surface area contributed by atoms with Gasteiger partial charge in [0.15, 0.2) is 8.32 Å². The van der Waals surface area contributed by atoms with Crippen LogP contribution in [0, 0.1) is 0 Å². The maximum absolute atomic E-state index is 11.6. The van der Waals surface area contributed by atoms with E-state index in [9.17, 15) is 9.59 Å². The standard InChI is InChI=1S/C13H27NO3Si.C11H19NO3/c1-13(2,3)18(6,7)17-10-8-11(12(15)16-5)14(4)9-10;1-12-7-9(15-8-4-3-5-8)6-10(12)11(13)14-2/h10-11H,8-9H2,1-7H3;8-10H,3-7H2,1-2H3/t10-,11-;9-,10-/m00/s1. The van der Waals surface area contributed by atoms with Gasteiger partial charge in [-0.2, -0.15) is 0 Å². The van der Waals surface area contributed by atoms with Gasteiger partial charge in [-0.15, -0.1) is 0 Å². The van der Waals surface area contributed by atoms with Crippen LogP contribution < -0.4 is 0 Å². The molecule has 8 nitrogen and oxygen atoms in total. The van der Waals surface area contributed by atoms with Gasteiger partial charge < -0.3 is 18.6 Å². The third-order valence-electron chi connectivity index (χ3n) is 7.67. The molecule has 0 aromatic heterocycles. The lowest BCUT2D eigenvalue weighted by Crippen LogP contribution is -2.44. The molecule has 2 aliphatic heterocycles. The zero-order chi connectivity index (χ0) is 25.0. The number of rotatable bonds is 6. The molecule has 3 aliphatic rings. The van der Waals surface area contributed by atoms with E-state index < -0.39 is 8.32 Å². The predicted molar refractivity (Wildman–Crippen MR) is 131 cm³/mol. The van der Waals surface area contributed by atoms with E-state index in [0.29, 0.717) is 6.10 Å². The highest BCUT2D eigenvalue weighted by atomic mass is 28.4. The van der Waals surface area contributed by atoms with Gasteiger partial charge in [-0.25, -0.2) is 0 Å². The van der Waals surface area contributed by atoms with Crippen molar-refractivity contribution in [2.24, 2.45) is 0 Å². The summed E-state index contributed by atoms with van der Waals surface area (Å²) < 4.78 is 21.8. The summed E-state index contributed by atoms with van der Waals surface area (Å²) in [6.45, 7) is 12.8. The largest absolute Gasteiger partial charge is 0.468 e. The van der Waals surface area contributed by atoms with Crippen molar-refractivity contribution >= 4 is 20.3 Å². The van der Waals surface area contributed by atoms with Gasteiger partial charge in [0, 0.05) is 19.5 Å². The van der Waals surface area contributed by atoms with Crippen LogP contribution in [0.25, 0.3) is 0 Å². The first kappa shape index (κ1) is 28.2. The van der Waals surface area contributed by atoms with Gasteiger partial charge in [-0.3, -0.25) is 19.4 Å². The normalized spacial score (nSPS) is 29.2. The lowest BCUT2D eigenvalue weighted by Gasteiger charge is -2.38. The number of nitrogens with zero attached hydrogens (tertiary/aromatic N) is 2. The van der Waals surface area contributed by atoms with E-state index >= 15 is 0 Å². The number of likely N-dealkylation sites (N-methyl/N-ethyl adjacent to an activating group) is 2. The van der Waals surface area contributed by atoms with Crippen molar-refractivity contribution in [1.29, 1.82) is 0 Å². The van der Waals surface area contributed by atoms with E-state index in [2.05, 4.69) is 33.9 Å². The molecule has 3 fully saturated rings. The zero-order valence-electron chi connectivity index (χ0n) is 22.2. The first-order chi connectivity index (χ1) is 15.3. The molecule has 192 valence electrons. The Kier molecular flexibility index (Phi) is 9.94. The van der Waals surface area contributed by atoms with Crippen LogP contribution in [0.5, 0.6) is 0 Å². The summed E-state index contributed by atoms with van der Waals surface area (Å²) in [4.78, 5) is 27.1. The molecule has 3 rings (SSSR count). The molecule has 0 unspecified atom stereocenters. The molecular formula is C24H46N2O6Si. The molecule has 1 saturated carbocycles. The second-order valence-corrected chi connectivity index (χ2v) is 16.0. The summed E-state index contributed by atoms with van der Waals surface area (Å²) in [5.41, 5.74) is 0. The Morgan fingerprint density at radius 3 is 1.67 bits per heavy atom. The van der Waals surface area contributed by atoms with Gasteiger partial charge >= 0.3 is 11.9 Å². The third-order valence-corrected chi connectivity index (χ3v) is 12.2. The zero-order valence-corrected chi connectivity index (χ0v) is 23.2. The summed E-state index contributed by atoms with van der Waals surface area (Å²) in [5, 5.41) is 0.203. The quantitative estimate of drug-likeness (QED) is 0.419. The summed E-state index contributed by atoms with van der Waals surface area (Å²) in [6.07, 6.45) is 5.99. The average molecular weight is 487 g/mol. The van der Waals surface area contributed by atoms with Crippen LogP contribution >= 0.6 is 0 Å². The lowest BCUT2D eigenvalue weighted by atomic mass is 9.96. The van der Waals surface area contributed by atoms with E-state index in [4.69, 9.17) is 18.6 Å². The summed E-state index contributed by atoms with van der Waals surface area (Å²) >= 11 is 0. The van der Waals surface area contributed by atoms with E-state index in [1.165, 1.54) is 33.5 Å². The molecule has 9 heteroatoms. The highest BCUT2D eigenvalue weighted by Crippen LogP contribution is 2.38. The van der Waals surface area contributed by atoms with E-state index in [1.807, 2.05) is 23.9 Å². The molecule has 0 radical (unpaired) electrons. The third kappa shape index (κ3) is 7.49. The molecule has 0 N–H and O–H groups in total. The van der Waals surface area contributed by atoms with E-state index in [0.717, 1.165) is 25.9 Å². The minimum absolute atomic E-state index is 0.111. The number of likely N-dealkylation sites (tertiary alicyclic amines) is 2. The topological polar surface area (TPSA) is 77.5 Å². The Bertz CT molecular complexity index is 664. The van der Waals surface area contributed by atoms with Gasteiger partial charge in [0.2, 0.25) is 0 Å². The highest BCUT2D eigenvalue weighted by Gasteiger charge is 2.43. The van der Waals surface area contributed by atoms with Crippen molar-refractivity contribution in [3.8, 4) is 0 Å². The second kappa shape index (κ2) is 11.6. The number of hydrogen-bond acceptors (Lipinski definition) is 8. The maximum Gasteiger partial charge on any atom is 0.323 e. The van der Waals surface area contributed by atoms with Crippen LogP contribution in [0.3, 0.4) is 0 Å². The number of methoxy groups -OCH3 is 2. The maximum atomic E-state index is 11.6. The van der Waals surface area contributed by atoms with Crippen molar-refractivity contribution < 1.29 is 28.2 Å². The van der Waals surface area contributed by atoms with Gasteiger partial charge in [0.25, 0.3) is 0 Å². The minimum Gasteiger partial charge on any atom is -0.468 e. The van der Waals surface area contributed by atoms with E-state index in [1.54, 1.807) is 0 Å². The summed E-state index contributed by atoms with van der Waals surface area (Å²) in [5.74, 6) is -0.295. The predicted octanol–water partition coefficient (Wildman–Crippen LogP) is 3.06.